The first-order chi connectivity index (χ1) is 13.6. The van der Waals surface area contributed by atoms with Crippen molar-refractivity contribution in [2.75, 3.05) is 18.1 Å². The third kappa shape index (κ3) is 4.40. The maximum absolute atomic E-state index is 13.0. The van der Waals surface area contributed by atoms with Gasteiger partial charge in [0.15, 0.2) is 0 Å². The molecule has 28 heavy (non-hydrogen) atoms. The molecule has 0 aromatic heterocycles. The van der Waals surface area contributed by atoms with E-state index < -0.39 is 0 Å². The number of carbonyl (C=O) groups is 2. The van der Waals surface area contributed by atoms with Gasteiger partial charge in [-0.25, -0.2) is 4.79 Å². The number of benzene rings is 1. The fourth-order valence-corrected chi connectivity index (χ4v) is 4.61. The van der Waals surface area contributed by atoms with Crippen molar-refractivity contribution in [1.82, 2.24) is 0 Å². The van der Waals surface area contributed by atoms with E-state index in [0.717, 1.165) is 42.0 Å². The summed E-state index contributed by atoms with van der Waals surface area (Å²) in [6.45, 7) is 6.45. The van der Waals surface area contributed by atoms with Crippen LogP contribution in [0.1, 0.15) is 57.1 Å². The number of Topliss-reactive ketones (excluding diaryl/α,β-unsaturated/α-hetero) is 1. The van der Waals surface area contributed by atoms with Crippen molar-refractivity contribution >= 4 is 29.2 Å². The Balaban J connectivity index is 1.97. The third-order valence-corrected chi connectivity index (χ3v) is 6.40. The van der Waals surface area contributed by atoms with Crippen molar-refractivity contribution in [2.24, 2.45) is 10.9 Å². The Labute approximate surface area is 171 Å². The van der Waals surface area contributed by atoms with Crippen LogP contribution in [0.25, 0.3) is 0 Å². The Morgan fingerprint density at radius 2 is 1.93 bits per heavy atom. The Hall–Kier alpha value is -1.88. The molecule has 150 valence electrons. The van der Waals surface area contributed by atoms with Crippen LogP contribution in [0.4, 0.5) is 0 Å². The molecule has 1 unspecified atom stereocenters. The molecule has 2 atom stereocenters. The zero-order chi connectivity index (χ0) is 20.1. The molecule has 1 aromatic carbocycles. The molecular weight excluding hydrogens is 370 g/mol. The van der Waals surface area contributed by atoms with Crippen LogP contribution in [-0.4, -0.2) is 35.6 Å². The number of ketones is 1. The number of rotatable bonds is 7. The van der Waals surface area contributed by atoms with Crippen molar-refractivity contribution in [1.29, 1.82) is 0 Å². The van der Waals surface area contributed by atoms with Crippen LogP contribution < -0.4 is 0 Å². The lowest BCUT2D eigenvalue weighted by atomic mass is 9.69. The van der Waals surface area contributed by atoms with E-state index in [0.29, 0.717) is 24.3 Å². The van der Waals surface area contributed by atoms with E-state index >= 15 is 0 Å². The van der Waals surface area contributed by atoms with Crippen LogP contribution in [0.15, 0.2) is 40.5 Å². The minimum Gasteiger partial charge on any atom is -0.461 e. The van der Waals surface area contributed by atoms with Gasteiger partial charge in [-0.15, -0.1) is 0 Å². The molecule has 1 fully saturated rings. The Bertz CT molecular complexity index is 795. The molecule has 4 nitrogen and oxygen atoms in total. The zero-order valence-electron chi connectivity index (χ0n) is 17.0. The van der Waals surface area contributed by atoms with Crippen LogP contribution in [0.2, 0.25) is 0 Å². The molecule has 1 aliphatic carbocycles. The van der Waals surface area contributed by atoms with Gasteiger partial charge >= 0.3 is 5.97 Å². The topological polar surface area (TPSA) is 55.7 Å². The maximum Gasteiger partial charge on any atom is 0.336 e. The standard InChI is InChI=1S/C23H29NO3S/c1-4-16-9-11-17(12-10-16)21-20(23(26)27-13-14-28-5-2)15(3)24-18-7-6-8-19(25)22(18)21/h9-12,21-22H,4-8,13-14H2,1-3H3/t21-,22?/m1/s1. The first-order valence-corrected chi connectivity index (χ1v) is 11.4. The van der Waals surface area contributed by atoms with Gasteiger partial charge in [-0.2, -0.15) is 11.8 Å². The molecular formula is C23H29NO3S. The lowest BCUT2D eigenvalue weighted by Gasteiger charge is -2.35. The third-order valence-electron chi connectivity index (χ3n) is 5.54. The number of carbonyl (C=O) groups excluding carboxylic acids is 2. The quantitative estimate of drug-likeness (QED) is 0.491. The number of allylic oxidation sites excluding steroid dienone is 1. The molecule has 0 N–H and O–H groups in total. The second-order valence-electron chi connectivity index (χ2n) is 7.31. The molecule has 0 spiro atoms. The van der Waals surface area contributed by atoms with Gasteiger partial charge in [0.05, 0.1) is 11.5 Å². The Morgan fingerprint density at radius 3 is 2.61 bits per heavy atom. The van der Waals surface area contributed by atoms with Crippen LogP contribution in [0.3, 0.4) is 0 Å². The van der Waals surface area contributed by atoms with Crippen LogP contribution >= 0.6 is 11.8 Å². The number of aliphatic imine (C=N–C) groups is 1. The summed E-state index contributed by atoms with van der Waals surface area (Å²) < 4.78 is 5.57. The Morgan fingerprint density at radius 1 is 1.18 bits per heavy atom. The van der Waals surface area contributed by atoms with Crippen LogP contribution in [0, 0.1) is 5.92 Å². The number of aryl methyl sites for hydroxylation is 1. The van der Waals surface area contributed by atoms with Gasteiger partial charge in [0, 0.05) is 29.5 Å². The second kappa shape index (κ2) is 9.55. The average Bonchev–Trinajstić information content (AvgIpc) is 2.70. The highest BCUT2D eigenvalue weighted by Gasteiger charge is 2.43. The van der Waals surface area contributed by atoms with E-state index in [1.807, 2.05) is 6.92 Å². The molecule has 3 rings (SSSR count). The van der Waals surface area contributed by atoms with Crippen LogP contribution in [-0.2, 0) is 20.7 Å². The van der Waals surface area contributed by atoms with Gasteiger partial charge in [-0.05, 0) is 43.1 Å². The van der Waals surface area contributed by atoms with Crippen LogP contribution in [0.5, 0.6) is 0 Å². The van der Waals surface area contributed by atoms with Crippen molar-refractivity contribution < 1.29 is 14.3 Å². The maximum atomic E-state index is 13.0. The molecule has 1 aliphatic heterocycles. The summed E-state index contributed by atoms with van der Waals surface area (Å²) in [5.74, 6) is 1.00. The summed E-state index contributed by atoms with van der Waals surface area (Å²) in [6, 6.07) is 8.29. The summed E-state index contributed by atoms with van der Waals surface area (Å²) in [6.07, 6.45) is 3.18. The van der Waals surface area contributed by atoms with E-state index in [9.17, 15) is 9.59 Å². The first kappa shape index (κ1) is 20.8. The highest BCUT2D eigenvalue weighted by atomic mass is 32.2. The fraction of sp³-hybridized carbons (Fsp3) is 0.522. The number of nitrogens with zero attached hydrogens (tertiary/aromatic N) is 1. The molecule has 0 radical (unpaired) electrons. The van der Waals surface area contributed by atoms with Crippen molar-refractivity contribution in [3.63, 3.8) is 0 Å². The average molecular weight is 400 g/mol. The van der Waals surface area contributed by atoms with E-state index in [1.54, 1.807) is 11.8 Å². The van der Waals surface area contributed by atoms with Crippen molar-refractivity contribution in [2.45, 2.75) is 52.4 Å². The van der Waals surface area contributed by atoms with Gasteiger partial charge < -0.3 is 4.74 Å². The Kier molecular flexibility index (Phi) is 7.11. The highest BCUT2D eigenvalue weighted by molar-refractivity contribution is 7.99. The van der Waals surface area contributed by atoms with E-state index in [1.165, 1.54) is 5.56 Å². The molecule has 1 heterocycles. The normalized spacial score (nSPS) is 22.0. The number of thioether (sulfide) groups is 1. The van der Waals surface area contributed by atoms with E-state index in [-0.39, 0.29) is 23.6 Å². The monoisotopic (exact) mass is 399 g/mol. The molecule has 1 aromatic rings. The van der Waals surface area contributed by atoms with Gasteiger partial charge in [0.1, 0.15) is 12.4 Å². The van der Waals surface area contributed by atoms with Gasteiger partial charge in [0.2, 0.25) is 0 Å². The molecule has 5 heteroatoms. The lowest BCUT2D eigenvalue weighted by molar-refractivity contribution is -0.139. The number of hydrogen-bond acceptors (Lipinski definition) is 5. The minimum absolute atomic E-state index is 0.189. The van der Waals surface area contributed by atoms with Gasteiger partial charge in [-0.3, -0.25) is 9.79 Å². The summed E-state index contributed by atoms with van der Waals surface area (Å²) >= 11 is 1.74. The summed E-state index contributed by atoms with van der Waals surface area (Å²) in [4.78, 5) is 30.5. The number of ether oxygens (including phenoxy) is 1. The molecule has 0 bridgehead atoms. The van der Waals surface area contributed by atoms with Crippen molar-refractivity contribution in [3.05, 3.63) is 46.7 Å². The molecule has 2 aliphatic rings. The summed E-state index contributed by atoms with van der Waals surface area (Å²) in [5.41, 5.74) is 4.41. The fourth-order valence-electron chi connectivity index (χ4n) is 4.12. The SMILES string of the molecule is CCSCCOC(=O)C1=C(C)N=C2CCCC(=O)C2[C@@H]1c1ccc(CC)cc1. The summed E-state index contributed by atoms with van der Waals surface area (Å²) in [7, 11) is 0. The predicted molar refractivity (Wildman–Crippen MR) is 115 cm³/mol. The molecule has 0 saturated heterocycles. The lowest BCUT2D eigenvalue weighted by Crippen LogP contribution is -2.39. The van der Waals surface area contributed by atoms with E-state index in [4.69, 9.17) is 4.74 Å². The largest absolute Gasteiger partial charge is 0.461 e. The zero-order valence-corrected chi connectivity index (χ0v) is 17.8. The van der Waals surface area contributed by atoms with E-state index in [2.05, 4.69) is 43.1 Å². The predicted octanol–water partition coefficient (Wildman–Crippen LogP) is 4.73. The van der Waals surface area contributed by atoms with Crippen molar-refractivity contribution in [3.8, 4) is 0 Å². The number of hydrogen-bond donors (Lipinski definition) is 0. The van der Waals surface area contributed by atoms with Gasteiger partial charge in [-0.1, -0.05) is 38.1 Å². The highest BCUT2D eigenvalue weighted by Crippen LogP contribution is 2.43. The number of fused-ring (bicyclic) bond motifs is 1. The molecule has 0 amide bonds. The first-order valence-electron chi connectivity index (χ1n) is 10.2. The molecule has 1 saturated carbocycles. The number of esters is 1. The summed E-state index contributed by atoms with van der Waals surface area (Å²) in [5, 5.41) is 0. The van der Waals surface area contributed by atoms with Gasteiger partial charge in [0.25, 0.3) is 0 Å². The smallest absolute Gasteiger partial charge is 0.336 e. The minimum atomic E-state index is -0.336. The second-order valence-corrected chi connectivity index (χ2v) is 8.70.